The second-order valence-electron chi connectivity index (χ2n) is 8.99. The second-order valence-corrected chi connectivity index (χ2v) is 8.99. The molecule has 26 heavy (non-hydrogen) atoms. The number of piperidine rings is 1. The van der Waals surface area contributed by atoms with Gasteiger partial charge in [0.1, 0.15) is 0 Å². The number of benzene rings is 1. The Bertz CT molecular complexity index is 651. The fraction of sp³-hybridized carbons (Fsp3) is 0.682. The van der Waals surface area contributed by atoms with Crippen LogP contribution in [-0.2, 0) is 10.2 Å². The molecule has 2 heterocycles. The van der Waals surface area contributed by atoms with Crippen molar-refractivity contribution in [3.8, 4) is 0 Å². The molecule has 1 N–H and O–H groups in total. The van der Waals surface area contributed by atoms with E-state index in [0.29, 0.717) is 0 Å². The van der Waals surface area contributed by atoms with Gasteiger partial charge >= 0.3 is 0 Å². The summed E-state index contributed by atoms with van der Waals surface area (Å²) in [7, 11) is 0. The minimum atomic E-state index is 0.0145. The molecule has 1 saturated heterocycles. The lowest BCUT2D eigenvalue weighted by Crippen LogP contribution is -2.49. The Labute approximate surface area is 157 Å². The summed E-state index contributed by atoms with van der Waals surface area (Å²) in [6, 6.07) is 8.64. The van der Waals surface area contributed by atoms with E-state index in [2.05, 4.69) is 46.5 Å². The van der Waals surface area contributed by atoms with Crippen LogP contribution in [0, 0.1) is 11.8 Å². The first-order chi connectivity index (χ1) is 12.6. The maximum Gasteiger partial charge on any atom is 0.235 e. The Balaban J connectivity index is 1.42. The number of carbonyl (C=O) groups is 1. The van der Waals surface area contributed by atoms with Crippen LogP contribution in [0.25, 0.3) is 0 Å². The smallest absolute Gasteiger partial charge is 0.235 e. The minimum absolute atomic E-state index is 0.0145. The molecule has 1 aromatic rings. The van der Waals surface area contributed by atoms with Crippen LogP contribution in [0.15, 0.2) is 24.3 Å². The van der Waals surface area contributed by atoms with Gasteiger partial charge in [0, 0.05) is 25.4 Å². The number of amides is 1. The molecule has 1 amide bonds. The molecule has 0 unspecified atom stereocenters. The van der Waals surface area contributed by atoms with Gasteiger partial charge in [-0.05, 0) is 62.2 Å². The molecule has 142 valence electrons. The number of anilines is 1. The molecule has 4 heteroatoms. The number of rotatable bonds is 3. The van der Waals surface area contributed by atoms with Crippen molar-refractivity contribution < 1.29 is 4.79 Å². The van der Waals surface area contributed by atoms with Gasteiger partial charge < -0.3 is 4.90 Å². The van der Waals surface area contributed by atoms with E-state index in [4.69, 9.17) is 0 Å². The molecule has 4 rings (SSSR count). The molecule has 4 nitrogen and oxygen atoms in total. The van der Waals surface area contributed by atoms with Crippen molar-refractivity contribution in [1.29, 1.82) is 0 Å². The molecule has 1 aromatic carbocycles. The molecule has 0 bridgehead atoms. The fourth-order valence-corrected chi connectivity index (χ4v) is 5.60. The summed E-state index contributed by atoms with van der Waals surface area (Å²) in [5.74, 6) is 1.83. The number of hydrogen-bond acceptors (Lipinski definition) is 3. The van der Waals surface area contributed by atoms with E-state index in [-0.39, 0.29) is 11.3 Å². The van der Waals surface area contributed by atoms with Crippen LogP contribution in [0.3, 0.4) is 0 Å². The average Bonchev–Trinajstić information content (AvgIpc) is 2.91. The number of fused-ring (bicyclic) bond motifs is 2. The van der Waals surface area contributed by atoms with Crippen molar-refractivity contribution in [3.05, 3.63) is 29.8 Å². The van der Waals surface area contributed by atoms with E-state index in [0.717, 1.165) is 18.4 Å². The summed E-state index contributed by atoms with van der Waals surface area (Å²) in [6.07, 6.45) is 8.08. The molecule has 0 aromatic heterocycles. The van der Waals surface area contributed by atoms with Crippen LogP contribution < -0.4 is 10.4 Å². The van der Waals surface area contributed by atoms with Crippen LogP contribution in [0.2, 0.25) is 0 Å². The summed E-state index contributed by atoms with van der Waals surface area (Å²) in [6.45, 7) is 8.60. The Hall–Kier alpha value is -1.55. The molecular weight excluding hydrogens is 322 g/mol. The third kappa shape index (κ3) is 3.48. The predicted molar refractivity (Wildman–Crippen MR) is 106 cm³/mol. The van der Waals surface area contributed by atoms with Crippen LogP contribution in [0.4, 0.5) is 5.69 Å². The van der Waals surface area contributed by atoms with Gasteiger partial charge in [0.25, 0.3) is 0 Å². The van der Waals surface area contributed by atoms with E-state index >= 15 is 0 Å². The lowest BCUT2D eigenvalue weighted by Gasteiger charge is -2.41. The van der Waals surface area contributed by atoms with Gasteiger partial charge in [0.15, 0.2) is 0 Å². The summed E-state index contributed by atoms with van der Waals surface area (Å²) < 4.78 is 0. The zero-order chi connectivity index (χ0) is 18.1. The van der Waals surface area contributed by atoms with Gasteiger partial charge in [0.2, 0.25) is 5.91 Å². The highest BCUT2D eigenvalue weighted by Crippen LogP contribution is 2.46. The molecule has 3 aliphatic rings. The van der Waals surface area contributed by atoms with E-state index in [1.54, 1.807) is 6.92 Å². The van der Waals surface area contributed by atoms with Crippen molar-refractivity contribution >= 4 is 11.6 Å². The molecule has 0 radical (unpaired) electrons. The highest BCUT2D eigenvalue weighted by Gasteiger charge is 2.45. The van der Waals surface area contributed by atoms with Crippen molar-refractivity contribution in [1.82, 2.24) is 10.3 Å². The largest absolute Gasteiger partial charge is 0.303 e. The van der Waals surface area contributed by atoms with Crippen LogP contribution in [-0.4, -0.2) is 37.0 Å². The zero-order valence-electron chi connectivity index (χ0n) is 16.3. The van der Waals surface area contributed by atoms with Gasteiger partial charge in [-0.2, -0.15) is 0 Å². The lowest BCUT2D eigenvalue weighted by atomic mass is 9.74. The normalized spacial score (nSPS) is 28.2. The Morgan fingerprint density at radius 3 is 2.73 bits per heavy atom. The Kier molecular flexibility index (Phi) is 4.96. The van der Waals surface area contributed by atoms with Crippen LogP contribution in [0.5, 0.6) is 0 Å². The highest BCUT2D eigenvalue weighted by atomic mass is 16.2. The standard InChI is InChI=1S/C22H33N3O/c1-17-6-5-7-19(14-17)15-24-12-10-22(11-13-24)16-25(23-18(2)26)21-9-4-3-8-20(21)22/h3-4,8-9,17,19H,5-7,10-16H2,1-2H3,(H,23,26)/t17-,19-/m1/s1. The van der Waals surface area contributed by atoms with Crippen LogP contribution in [0.1, 0.15) is 57.9 Å². The SMILES string of the molecule is CC(=O)NN1CC2(CCN(C[C@@H]3CCC[C@@H](C)C3)CC2)c2ccccc21. The van der Waals surface area contributed by atoms with Crippen molar-refractivity contribution in [3.63, 3.8) is 0 Å². The van der Waals surface area contributed by atoms with Crippen molar-refractivity contribution in [2.75, 3.05) is 31.2 Å². The van der Waals surface area contributed by atoms with Gasteiger partial charge in [-0.1, -0.05) is 38.0 Å². The maximum absolute atomic E-state index is 11.6. The van der Waals surface area contributed by atoms with Gasteiger partial charge in [-0.25, -0.2) is 0 Å². The molecule has 2 fully saturated rings. The van der Waals surface area contributed by atoms with Crippen molar-refractivity contribution in [2.24, 2.45) is 11.8 Å². The van der Waals surface area contributed by atoms with Gasteiger partial charge in [-0.15, -0.1) is 0 Å². The van der Waals surface area contributed by atoms with E-state index in [1.807, 2.05) is 0 Å². The third-order valence-corrected chi connectivity index (χ3v) is 6.89. The molecule has 2 aliphatic heterocycles. The summed E-state index contributed by atoms with van der Waals surface area (Å²) in [5, 5.41) is 2.08. The molecule has 1 saturated carbocycles. The number of hydrogen-bond donors (Lipinski definition) is 1. The summed E-state index contributed by atoms with van der Waals surface area (Å²) >= 11 is 0. The average molecular weight is 356 g/mol. The first-order valence-corrected chi connectivity index (χ1v) is 10.4. The molecule has 1 spiro atoms. The maximum atomic E-state index is 11.6. The summed E-state index contributed by atoms with van der Waals surface area (Å²) in [4.78, 5) is 14.3. The van der Waals surface area contributed by atoms with E-state index in [9.17, 15) is 4.79 Å². The highest BCUT2D eigenvalue weighted by molar-refractivity contribution is 5.77. The number of carbonyl (C=O) groups excluding carboxylic acids is 1. The first kappa shape index (κ1) is 17.8. The Morgan fingerprint density at radius 1 is 1.23 bits per heavy atom. The lowest BCUT2D eigenvalue weighted by molar-refractivity contribution is -0.119. The molecule has 2 atom stereocenters. The third-order valence-electron chi connectivity index (χ3n) is 6.89. The monoisotopic (exact) mass is 355 g/mol. The predicted octanol–water partition coefficient (Wildman–Crippen LogP) is 3.72. The number of para-hydroxylation sites is 1. The van der Waals surface area contributed by atoms with Gasteiger partial charge in [0.05, 0.1) is 5.69 Å². The number of hydrazine groups is 1. The summed E-state index contributed by atoms with van der Waals surface area (Å²) in [5.41, 5.74) is 5.86. The Morgan fingerprint density at radius 2 is 2.00 bits per heavy atom. The van der Waals surface area contributed by atoms with Crippen molar-refractivity contribution in [2.45, 2.75) is 57.8 Å². The second kappa shape index (κ2) is 7.22. The molecular formula is C22H33N3O. The zero-order valence-corrected chi connectivity index (χ0v) is 16.3. The topological polar surface area (TPSA) is 35.6 Å². The quantitative estimate of drug-likeness (QED) is 0.898. The molecule has 1 aliphatic carbocycles. The number of nitrogens with one attached hydrogen (secondary N) is 1. The first-order valence-electron chi connectivity index (χ1n) is 10.4. The van der Waals surface area contributed by atoms with Crippen LogP contribution >= 0.6 is 0 Å². The van der Waals surface area contributed by atoms with Gasteiger partial charge in [-0.3, -0.25) is 15.2 Å². The fourth-order valence-electron chi connectivity index (χ4n) is 5.60. The number of likely N-dealkylation sites (tertiary alicyclic amines) is 1. The van der Waals surface area contributed by atoms with E-state index < -0.39 is 0 Å². The minimum Gasteiger partial charge on any atom is -0.303 e. The van der Waals surface area contributed by atoms with E-state index in [1.165, 1.54) is 69.4 Å². The number of nitrogens with zero attached hydrogens (tertiary/aromatic N) is 2.